The van der Waals surface area contributed by atoms with Crippen LogP contribution in [0.4, 0.5) is 5.69 Å². The van der Waals surface area contributed by atoms with Crippen LogP contribution in [-0.4, -0.2) is 38.8 Å². The topological polar surface area (TPSA) is 62.9 Å². The van der Waals surface area contributed by atoms with Gasteiger partial charge in [-0.15, -0.1) is 0 Å². The number of aliphatic imine (C=N–C) groups is 1. The highest BCUT2D eigenvalue weighted by molar-refractivity contribution is 5.77. The summed E-state index contributed by atoms with van der Waals surface area (Å²) in [4.78, 5) is 6.80. The van der Waals surface area contributed by atoms with E-state index < -0.39 is 0 Å². The third kappa shape index (κ3) is 4.93. The molecule has 1 aromatic carbocycles. The molecule has 1 aliphatic heterocycles. The molecular weight excluding hydrogens is 264 g/mol. The summed E-state index contributed by atoms with van der Waals surface area (Å²) in [5.74, 6) is 0.528. The third-order valence-electron chi connectivity index (χ3n) is 3.60. The number of nitrogens with two attached hydrogens (primary N) is 1. The van der Waals surface area contributed by atoms with E-state index in [2.05, 4.69) is 46.4 Å². The molecular formula is C16H26N4O. The molecule has 1 aliphatic rings. The maximum absolute atomic E-state index is 5.90. The molecule has 0 bridgehead atoms. The Labute approximate surface area is 127 Å². The van der Waals surface area contributed by atoms with E-state index in [0.29, 0.717) is 12.5 Å². The molecule has 0 spiro atoms. The predicted octanol–water partition coefficient (Wildman–Crippen LogP) is 1.73. The van der Waals surface area contributed by atoms with Crippen molar-refractivity contribution >= 4 is 11.6 Å². The van der Waals surface area contributed by atoms with Crippen molar-refractivity contribution in [3.8, 4) is 0 Å². The molecule has 0 amide bonds. The Morgan fingerprint density at radius 2 is 2.10 bits per heavy atom. The molecule has 0 radical (unpaired) electrons. The van der Waals surface area contributed by atoms with Crippen molar-refractivity contribution in [2.24, 2.45) is 10.7 Å². The average molecular weight is 290 g/mol. The van der Waals surface area contributed by atoms with Gasteiger partial charge < -0.3 is 20.7 Å². The lowest BCUT2D eigenvalue weighted by Crippen LogP contribution is -2.36. The van der Waals surface area contributed by atoms with Crippen molar-refractivity contribution in [1.82, 2.24) is 5.32 Å². The highest BCUT2D eigenvalue weighted by Crippen LogP contribution is 2.22. The molecule has 3 N–H and O–H groups in total. The van der Waals surface area contributed by atoms with Gasteiger partial charge in [0.05, 0.1) is 19.8 Å². The van der Waals surface area contributed by atoms with Crippen LogP contribution < -0.4 is 16.0 Å². The van der Waals surface area contributed by atoms with Crippen LogP contribution in [0.5, 0.6) is 0 Å². The fourth-order valence-electron chi connectivity index (χ4n) is 2.38. The molecule has 0 aliphatic carbocycles. The molecule has 5 heteroatoms. The van der Waals surface area contributed by atoms with Gasteiger partial charge >= 0.3 is 0 Å². The largest absolute Gasteiger partial charge is 0.378 e. The Balaban J connectivity index is 1.97. The summed E-state index contributed by atoms with van der Waals surface area (Å²) in [6.07, 6.45) is 2.26. The number of hydrogen-bond donors (Lipinski definition) is 2. The van der Waals surface area contributed by atoms with E-state index in [9.17, 15) is 0 Å². The summed E-state index contributed by atoms with van der Waals surface area (Å²) in [5.41, 5.74) is 8.35. The van der Waals surface area contributed by atoms with E-state index in [4.69, 9.17) is 10.5 Å². The van der Waals surface area contributed by atoms with E-state index in [-0.39, 0.29) is 0 Å². The number of rotatable bonds is 6. The van der Waals surface area contributed by atoms with Gasteiger partial charge in [-0.3, -0.25) is 0 Å². The molecule has 21 heavy (non-hydrogen) atoms. The van der Waals surface area contributed by atoms with E-state index in [0.717, 1.165) is 45.7 Å². The second kappa shape index (κ2) is 8.52. The number of nitrogens with one attached hydrogen (secondary N) is 1. The molecule has 0 unspecified atom stereocenters. The van der Waals surface area contributed by atoms with E-state index in [1.807, 2.05) is 0 Å². The van der Waals surface area contributed by atoms with Gasteiger partial charge in [0.25, 0.3) is 0 Å². The highest BCUT2D eigenvalue weighted by atomic mass is 16.5. The van der Waals surface area contributed by atoms with Crippen molar-refractivity contribution in [1.29, 1.82) is 0 Å². The Bertz CT molecular complexity index is 455. The number of para-hydroxylation sites is 1. The molecule has 116 valence electrons. The zero-order chi connectivity index (χ0) is 14.9. The number of guanidine groups is 1. The Kier molecular flexibility index (Phi) is 6.34. The van der Waals surface area contributed by atoms with Crippen molar-refractivity contribution in [3.05, 3.63) is 29.8 Å². The van der Waals surface area contributed by atoms with Crippen LogP contribution in [0, 0.1) is 0 Å². The molecule has 0 aromatic heterocycles. The normalized spacial score (nSPS) is 16.0. The summed E-state index contributed by atoms with van der Waals surface area (Å²) in [5, 5.41) is 3.15. The van der Waals surface area contributed by atoms with Gasteiger partial charge in [-0.2, -0.15) is 0 Å². The minimum Gasteiger partial charge on any atom is -0.378 e. The van der Waals surface area contributed by atoms with E-state index in [1.54, 1.807) is 0 Å². The van der Waals surface area contributed by atoms with Crippen LogP contribution in [0.1, 0.15) is 25.3 Å². The lowest BCUT2D eigenvalue weighted by molar-refractivity contribution is 0.122. The van der Waals surface area contributed by atoms with Crippen LogP contribution in [-0.2, 0) is 11.3 Å². The standard InChI is InChI=1S/C16H26N4O/c1-2-3-8-18-16(17)19-13-14-6-4-5-7-15(14)20-9-11-21-12-10-20/h4-7H,2-3,8-13H2,1H3,(H3,17,18,19). The first-order valence-corrected chi connectivity index (χ1v) is 7.75. The molecule has 1 aromatic rings. The smallest absolute Gasteiger partial charge is 0.188 e. The lowest BCUT2D eigenvalue weighted by Gasteiger charge is -2.30. The average Bonchev–Trinajstić information content (AvgIpc) is 2.54. The van der Waals surface area contributed by atoms with Crippen LogP contribution >= 0.6 is 0 Å². The first-order valence-electron chi connectivity index (χ1n) is 7.75. The molecule has 0 saturated carbocycles. The summed E-state index contributed by atoms with van der Waals surface area (Å²) in [6.45, 7) is 7.11. The summed E-state index contributed by atoms with van der Waals surface area (Å²) >= 11 is 0. The Hall–Kier alpha value is -1.75. The van der Waals surface area contributed by atoms with Crippen molar-refractivity contribution in [2.45, 2.75) is 26.3 Å². The summed E-state index contributed by atoms with van der Waals surface area (Å²) in [6, 6.07) is 8.39. The van der Waals surface area contributed by atoms with Gasteiger partial charge in [-0.25, -0.2) is 4.99 Å². The fraction of sp³-hybridized carbons (Fsp3) is 0.562. The number of hydrogen-bond acceptors (Lipinski definition) is 3. The summed E-state index contributed by atoms with van der Waals surface area (Å²) < 4.78 is 5.41. The number of anilines is 1. The fourth-order valence-corrected chi connectivity index (χ4v) is 2.38. The highest BCUT2D eigenvalue weighted by Gasteiger charge is 2.13. The first kappa shape index (κ1) is 15.6. The van der Waals surface area contributed by atoms with Gasteiger partial charge in [-0.05, 0) is 18.1 Å². The minimum atomic E-state index is 0.528. The number of benzene rings is 1. The molecule has 5 nitrogen and oxygen atoms in total. The first-order chi connectivity index (χ1) is 10.3. The quantitative estimate of drug-likeness (QED) is 0.476. The Morgan fingerprint density at radius 3 is 2.86 bits per heavy atom. The number of nitrogens with zero attached hydrogens (tertiary/aromatic N) is 2. The molecule has 0 atom stereocenters. The van der Waals surface area contributed by atoms with Crippen molar-refractivity contribution < 1.29 is 4.74 Å². The summed E-state index contributed by atoms with van der Waals surface area (Å²) in [7, 11) is 0. The minimum absolute atomic E-state index is 0.528. The maximum atomic E-state index is 5.90. The van der Waals surface area contributed by atoms with Crippen molar-refractivity contribution in [3.63, 3.8) is 0 Å². The SMILES string of the molecule is CCCCNC(N)=NCc1ccccc1N1CCOCC1. The second-order valence-electron chi connectivity index (χ2n) is 5.21. The van der Waals surface area contributed by atoms with Crippen LogP contribution in [0.3, 0.4) is 0 Å². The zero-order valence-electron chi connectivity index (χ0n) is 12.8. The third-order valence-corrected chi connectivity index (χ3v) is 3.60. The molecule has 1 heterocycles. The van der Waals surface area contributed by atoms with Gasteiger partial charge in [0.2, 0.25) is 0 Å². The van der Waals surface area contributed by atoms with E-state index in [1.165, 1.54) is 11.3 Å². The zero-order valence-corrected chi connectivity index (χ0v) is 12.8. The predicted molar refractivity (Wildman–Crippen MR) is 87.7 cm³/mol. The van der Waals surface area contributed by atoms with Crippen LogP contribution in [0.25, 0.3) is 0 Å². The van der Waals surface area contributed by atoms with Crippen LogP contribution in [0.15, 0.2) is 29.3 Å². The van der Waals surface area contributed by atoms with Gasteiger partial charge in [0, 0.05) is 25.3 Å². The number of morpholine rings is 1. The number of unbranched alkanes of at least 4 members (excludes halogenated alkanes) is 1. The van der Waals surface area contributed by atoms with Gasteiger partial charge in [0.1, 0.15) is 0 Å². The Morgan fingerprint density at radius 1 is 1.33 bits per heavy atom. The second-order valence-corrected chi connectivity index (χ2v) is 5.21. The molecule has 1 saturated heterocycles. The van der Waals surface area contributed by atoms with Crippen molar-refractivity contribution in [2.75, 3.05) is 37.7 Å². The lowest BCUT2D eigenvalue weighted by atomic mass is 10.1. The van der Waals surface area contributed by atoms with Gasteiger partial charge in [-0.1, -0.05) is 31.5 Å². The van der Waals surface area contributed by atoms with E-state index >= 15 is 0 Å². The van der Waals surface area contributed by atoms with Gasteiger partial charge in [0.15, 0.2) is 5.96 Å². The molecule has 2 rings (SSSR count). The number of ether oxygens (including phenoxy) is 1. The maximum Gasteiger partial charge on any atom is 0.188 e. The van der Waals surface area contributed by atoms with Crippen LogP contribution in [0.2, 0.25) is 0 Å². The monoisotopic (exact) mass is 290 g/mol. The molecule has 1 fully saturated rings.